The molecule has 0 fully saturated rings. The molecule has 1 radical (unpaired) electrons. The van der Waals surface area contributed by atoms with Crippen LogP contribution in [-0.4, -0.2) is 19.8 Å². The maximum absolute atomic E-state index is 6.86. The zero-order valence-electron chi connectivity index (χ0n) is 19.7. The Morgan fingerprint density at radius 2 is 0.714 bits per heavy atom. The van der Waals surface area contributed by atoms with Gasteiger partial charge in [-0.2, -0.15) is 0 Å². The monoisotopic (exact) mass is 502 g/mol. The van der Waals surface area contributed by atoms with Crippen molar-refractivity contribution >= 4 is 19.8 Å². The van der Waals surface area contributed by atoms with Crippen LogP contribution in [0, 0.1) is 5.53 Å². The number of rotatable bonds is 21. The number of nitrogens with one attached hydrogen (secondary N) is 1. The molecule has 0 atom stereocenters. The smallest absolute Gasteiger partial charge is 0.00208 e. The van der Waals surface area contributed by atoms with Crippen LogP contribution in [0.2, 0.25) is 13.3 Å². The Bertz CT molecular complexity index is 266. The van der Waals surface area contributed by atoms with Crippen LogP contribution < -0.4 is 0 Å². The fourth-order valence-corrected chi connectivity index (χ4v) is 12.4. The number of hydrogen-bond acceptors (Lipinski definition) is 1. The zero-order valence-corrected chi connectivity index (χ0v) is 22.6. The van der Waals surface area contributed by atoms with Gasteiger partial charge in [0.05, 0.1) is 0 Å². The molecule has 4 heteroatoms. The van der Waals surface area contributed by atoms with Gasteiger partial charge in [0.1, 0.15) is 0 Å². The first-order valence-electron chi connectivity index (χ1n) is 12.6. The average Bonchev–Trinajstić information content (AvgIpc) is 2.69. The topological polar surface area (TPSA) is 60.3 Å². The minimum absolute atomic E-state index is 1.02. The van der Waals surface area contributed by atoms with Crippen LogP contribution in [0.3, 0.4) is 0 Å². The maximum atomic E-state index is 6.86. The van der Waals surface area contributed by atoms with Crippen molar-refractivity contribution in [1.82, 2.24) is 0 Å². The SMILES string of the molecule is CCCCCCC[CH2][Sn]([CH2]CCCCCCC)[CH2]CCCCCCC.[N-]=[N+]=N. The Kier molecular flexibility index (Phi) is 31.7. The summed E-state index contributed by atoms with van der Waals surface area (Å²) in [6, 6.07) is 0. The van der Waals surface area contributed by atoms with E-state index in [9.17, 15) is 0 Å². The van der Waals surface area contributed by atoms with Gasteiger partial charge in [-0.05, 0) is 10.4 Å². The minimum Gasteiger partial charge on any atom is -0.108 e. The molecule has 0 rings (SSSR count). The van der Waals surface area contributed by atoms with Gasteiger partial charge in [0, 0.05) is 0 Å². The summed E-state index contributed by atoms with van der Waals surface area (Å²) in [7, 11) is 0. The van der Waals surface area contributed by atoms with Gasteiger partial charge in [-0.15, -0.1) is 5.53 Å². The number of nitrogens with zero attached hydrogens (tertiary/aromatic N) is 2. The normalized spacial score (nSPS) is 10.6. The molecule has 0 saturated heterocycles. The van der Waals surface area contributed by atoms with Crippen molar-refractivity contribution in [2.75, 3.05) is 0 Å². The quantitative estimate of drug-likeness (QED) is 0.0535. The summed E-state index contributed by atoms with van der Waals surface area (Å²) in [5.74, 6) is 0. The van der Waals surface area contributed by atoms with Crippen LogP contribution in [0.1, 0.15) is 136 Å². The molecule has 0 aromatic carbocycles. The predicted molar refractivity (Wildman–Crippen MR) is 130 cm³/mol. The van der Waals surface area contributed by atoms with Crippen LogP contribution >= 0.6 is 0 Å². The summed E-state index contributed by atoms with van der Waals surface area (Å²) in [6.45, 7) is 6.98. The second-order valence-electron chi connectivity index (χ2n) is 8.40. The van der Waals surface area contributed by atoms with Crippen LogP contribution in [0.25, 0.3) is 10.4 Å². The van der Waals surface area contributed by atoms with E-state index in [1.165, 1.54) is 96.3 Å². The number of hydrogen-bond donors (Lipinski definition) is 1. The fourth-order valence-electron chi connectivity index (χ4n) is 3.84. The van der Waals surface area contributed by atoms with Gasteiger partial charge in [0.15, 0.2) is 0 Å². The molecular formula is C24H52N3Sn. The summed E-state index contributed by atoms with van der Waals surface area (Å²) in [5, 5.41) is 0. The van der Waals surface area contributed by atoms with Crippen molar-refractivity contribution in [1.29, 1.82) is 5.53 Å². The van der Waals surface area contributed by atoms with E-state index in [-0.39, 0.29) is 0 Å². The summed E-state index contributed by atoms with van der Waals surface area (Å²) in [6.07, 6.45) is 26.9. The van der Waals surface area contributed by atoms with Crippen molar-refractivity contribution in [3.63, 3.8) is 0 Å². The Balaban J connectivity index is 0. The molecule has 0 aromatic heterocycles. The van der Waals surface area contributed by atoms with E-state index in [0.29, 0.717) is 0 Å². The van der Waals surface area contributed by atoms with Gasteiger partial charge in [-0.3, -0.25) is 0 Å². The van der Waals surface area contributed by atoms with Crippen molar-refractivity contribution in [2.24, 2.45) is 0 Å². The molecular weight excluding hydrogens is 449 g/mol. The van der Waals surface area contributed by atoms with E-state index in [2.05, 4.69) is 20.8 Å². The van der Waals surface area contributed by atoms with E-state index in [0.717, 1.165) is 0 Å². The van der Waals surface area contributed by atoms with Crippen LogP contribution in [0.15, 0.2) is 0 Å². The third-order valence-electron chi connectivity index (χ3n) is 5.65. The summed E-state index contributed by atoms with van der Waals surface area (Å²) in [5.41, 5.74) is 12.2. The first-order valence-corrected chi connectivity index (χ1v) is 18.7. The Morgan fingerprint density at radius 3 is 0.964 bits per heavy atom. The summed E-state index contributed by atoms with van der Waals surface area (Å²) in [4.78, 5) is 1.75. The molecule has 0 aliphatic carbocycles. The van der Waals surface area contributed by atoms with Crippen molar-refractivity contribution in [3.8, 4) is 0 Å². The fraction of sp³-hybridized carbons (Fsp3) is 1.00. The molecule has 1 N–H and O–H groups in total. The van der Waals surface area contributed by atoms with Crippen molar-refractivity contribution in [3.05, 3.63) is 10.4 Å². The largest absolute Gasteiger partial charge is 0.108 e. The predicted octanol–water partition coefficient (Wildman–Crippen LogP) is 10.4. The van der Waals surface area contributed by atoms with Gasteiger partial charge in [-0.25, -0.2) is 0 Å². The van der Waals surface area contributed by atoms with Gasteiger partial charge in [-0.1, -0.05) is 0 Å². The Morgan fingerprint density at radius 1 is 0.500 bits per heavy atom. The van der Waals surface area contributed by atoms with E-state index in [4.69, 9.17) is 11.1 Å². The molecule has 167 valence electrons. The third-order valence-corrected chi connectivity index (χ3v) is 14.7. The Hall–Kier alpha value is 0.109. The zero-order chi connectivity index (χ0) is 21.1. The molecule has 3 nitrogen and oxygen atoms in total. The molecule has 0 aliphatic rings. The molecule has 0 bridgehead atoms. The Labute approximate surface area is 185 Å². The van der Waals surface area contributed by atoms with E-state index in [1.807, 2.05) is 0 Å². The number of unbranched alkanes of at least 4 members (excludes halogenated alkanes) is 15. The van der Waals surface area contributed by atoms with Gasteiger partial charge >= 0.3 is 169 Å². The molecule has 0 spiro atoms. The molecule has 0 saturated carbocycles. The molecule has 0 heterocycles. The minimum atomic E-state index is -1.02. The van der Waals surface area contributed by atoms with Crippen LogP contribution in [0.4, 0.5) is 0 Å². The molecule has 0 aliphatic heterocycles. The van der Waals surface area contributed by atoms with Crippen molar-refractivity contribution in [2.45, 2.75) is 150 Å². The standard InChI is InChI=1S/3C8H17.HN3.Sn/c3*1-3-5-7-8-6-4-2;1-3-2;/h3*1,3-8H2,2H3;1H;. The maximum Gasteiger partial charge on any atom is -0.00208 e. The van der Waals surface area contributed by atoms with Crippen LogP contribution in [0.5, 0.6) is 0 Å². The van der Waals surface area contributed by atoms with Crippen molar-refractivity contribution < 1.29 is 0 Å². The molecule has 0 aromatic rings. The average molecular weight is 501 g/mol. The summed E-state index contributed by atoms with van der Waals surface area (Å²) >= 11 is -1.02. The van der Waals surface area contributed by atoms with Gasteiger partial charge in [0.2, 0.25) is 0 Å². The second kappa shape index (κ2) is 29.3. The third kappa shape index (κ3) is 28.3. The van der Waals surface area contributed by atoms with Gasteiger partial charge < -0.3 is 0 Å². The second-order valence-corrected chi connectivity index (χ2v) is 17.0. The molecule has 0 unspecified atom stereocenters. The molecule has 28 heavy (non-hydrogen) atoms. The van der Waals surface area contributed by atoms with Gasteiger partial charge in [0.25, 0.3) is 0 Å². The summed E-state index contributed by atoms with van der Waals surface area (Å²) < 4.78 is 5.16. The van der Waals surface area contributed by atoms with E-state index < -0.39 is 19.8 Å². The first-order chi connectivity index (χ1) is 13.8. The molecule has 0 amide bonds. The van der Waals surface area contributed by atoms with E-state index in [1.54, 1.807) is 37.5 Å². The first kappa shape index (κ1) is 30.3. The van der Waals surface area contributed by atoms with Crippen LogP contribution in [-0.2, 0) is 0 Å². The van der Waals surface area contributed by atoms with E-state index >= 15 is 0 Å².